The predicted molar refractivity (Wildman–Crippen MR) is 50.0 cm³/mol. The van der Waals surface area contributed by atoms with Crippen molar-refractivity contribution in [2.24, 2.45) is 0 Å². The maximum atomic E-state index is 13.5. The molecule has 0 saturated carbocycles. The molecule has 0 atom stereocenters. The number of rotatable bonds is 3. The van der Waals surface area contributed by atoms with E-state index in [-0.39, 0.29) is 11.4 Å². The molecule has 3 nitrogen and oxygen atoms in total. The van der Waals surface area contributed by atoms with E-state index in [4.69, 9.17) is 11.6 Å². The summed E-state index contributed by atoms with van der Waals surface area (Å²) in [5.41, 5.74) is -2.00. The summed E-state index contributed by atoms with van der Waals surface area (Å²) in [6, 6.07) is 0. The third-order valence-electron chi connectivity index (χ3n) is 1.86. The Balaban J connectivity index is 3.40. The molecule has 1 rings (SSSR count). The molecule has 0 aromatic carbocycles. The van der Waals surface area contributed by atoms with Crippen molar-refractivity contribution in [1.82, 2.24) is 4.98 Å². The molecule has 0 unspecified atom stereocenters. The highest BCUT2D eigenvalue weighted by Crippen LogP contribution is 2.27. The minimum Gasteiger partial charge on any atom is -0.464 e. The molecular weight excluding hydrogens is 247 g/mol. The molecular formula is C9H7ClF3NO2. The van der Waals surface area contributed by atoms with Crippen LogP contribution < -0.4 is 0 Å². The summed E-state index contributed by atoms with van der Waals surface area (Å²) in [7, 11) is 0.993. The van der Waals surface area contributed by atoms with Gasteiger partial charge in [-0.1, -0.05) is 0 Å². The summed E-state index contributed by atoms with van der Waals surface area (Å²) in [6.07, 6.45) is -2.23. The van der Waals surface area contributed by atoms with Gasteiger partial charge in [0.15, 0.2) is 5.69 Å². The zero-order valence-corrected chi connectivity index (χ0v) is 8.89. The molecule has 16 heavy (non-hydrogen) atoms. The molecule has 1 aromatic rings. The monoisotopic (exact) mass is 253 g/mol. The lowest BCUT2D eigenvalue weighted by atomic mass is 10.1. The van der Waals surface area contributed by atoms with Gasteiger partial charge in [-0.05, 0) is 0 Å². The van der Waals surface area contributed by atoms with Crippen molar-refractivity contribution in [3.63, 3.8) is 0 Å². The number of ether oxygens (including phenoxy) is 1. The maximum Gasteiger partial charge on any atom is 0.357 e. The molecule has 0 radical (unpaired) electrons. The van der Waals surface area contributed by atoms with Crippen molar-refractivity contribution in [2.75, 3.05) is 7.11 Å². The van der Waals surface area contributed by atoms with Gasteiger partial charge in [-0.15, -0.1) is 11.6 Å². The first-order valence-electron chi connectivity index (χ1n) is 4.12. The molecule has 88 valence electrons. The molecule has 0 bridgehead atoms. The van der Waals surface area contributed by atoms with Crippen LogP contribution in [0.15, 0.2) is 6.20 Å². The van der Waals surface area contributed by atoms with E-state index >= 15 is 0 Å². The smallest absolute Gasteiger partial charge is 0.357 e. The average Bonchev–Trinajstić information content (AvgIpc) is 2.26. The molecule has 0 aliphatic rings. The minimum atomic E-state index is -3.16. The Hall–Kier alpha value is -1.30. The number of carbonyl (C=O) groups excluding carboxylic acids is 1. The standard InChI is InChI=1S/C9H7ClF3NO2/c1-16-9(15)7-5(8(12)13)6(11)4(2-10)3-14-7/h3,8H,2H2,1H3. The zero-order valence-electron chi connectivity index (χ0n) is 8.14. The van der Waals surface area contributed by atoms with Crippen molar-refractivity contribution >= 4 is 17.6 Å². The zero-order chi connectivity index (χ0) is 12.3. The van der Waals surface area contributed by atoms with Crippen molar-refractivity contribution in [1.29, 1.82) is 0 Å². The lowest BCUT2D eigenvalue weighted by Gasteiger charge is -2.09. The van der Waals surface area contributed by atoms with Gasteiger partial charge >= 0.3 is 5.97 Å². The number of alkyl halides is 3. The number of halogens is 4. The van der Waals surface area contributed by atoms with Crippen LogP contribution in [0.2, 0.25) is 0 Å². The number of aromatic nitrogens is 1. The Morgan fingerprint density at radius 2 is 2.25 bits per heavy atom. The second-order valence-electron chi connectivity index (χ2n) is 2.79. The normalized spacial score (nSPS) is 10.6. The summed E-state index contributed by atoms with van der Waals surface area (Å²) in [6.45, 7) is 0. The highest BCUT2D eigenvalue weighted by Gasteiger charge is 2.26. The molecule has 0 saturated heterocycles. The van der Waals surface area contributed by atoms with Crippen LogP contribution >= 0.6 is 11.6 Å². The van der Waals surface area contributed by atoms with Crippen molar-refractivity contribution < 1.29 is 22.7 Å². The lowest BCUT2D eigenvalue weighted by molar-refractivity contribution is 0.0579. The Morgan fingerprint density at radius 3 is 2.69 bits per heavy atom. The largest absolute Gasteiger partial charge is 0.464 e. The van der Waals surface area contributed by atoms with Crippen molar-refractivity contribution in [3.05, 3.63) is 28.8 Å². The van der Waals surface area contributed by atoms with Gasteiger partial charge in [-0.3, -0.25) is 0 Å². The summed E-state index contributed by atoms with van der Waals surface area (Å²) < 4.78 is 42.8. The number of esters is 1. The van der Waals surface area contributed by atoms with Crippen LogP contribution in [0.1, 0.15) is 28.0 Å². The molecule has 0 N–H and O–H groups in total. The fourth-order valence-electron chi connectivity index (χ4n) is 1.10. The molecule has 0 spiro atoms. The van der Waals surface area contributed by atoms with Crippen molar-refractivity contribution in [2.45, 2.75) is 12.3 Å². The summed E-state index contributed by atoms with van der Waals surface area (Å²) in [5.74, 6) is -2.64. The van der Waals surface area contributed by atoms with E-state index in [1.54, 1.807) is 0 Å². The number of nitrogens with zero attached hydrogens (tertiary/aromatic N) is 1. The van der Waals surface area contributed by atoms with E-state index < -0.39 is 29.5 Å². The molecule has 1 heterocycles. The van der Waals surface area contributed by atoms with Gasteiger partial charge in [-0.2, -0.15) is 0 Å². The SMILES string of the molecule is COC(=O)c1ncc(CCl)c(F)c1C(F)F. The van der Waals surface area contributed by atoms with E-state index in [0.717, 1.165) is 13.3 Å². The summed E-state index contributed by atoms with van der Waals surface area (Å²) in [4.78, 5) is 14.5. The van der Waals surface area contributed by atoms with Gasteiger partial charge in [0.2, 0.25) is 0 Å². The highest BCUT2D eigenvalue weighted by atomic mass is 35.5. The van der Waals surface area contributed by atoms with Gasteiger partial charge in [0.1, 0.15) is 5.82 Å². The topological polar surface area (TPSA) is 39.2 Å². The quantitative estimate of drug-likeness (QED) is 0.614. The van der Waals surface area contributed by atoms with Gasteiger partial charge in [0, 0.05) is 11.8 Å². The van der Waals surface area contributed by atoms with Crippen LogP contribution in [0.25, 0.3) is 0 Å². The summed E-state index contributed by atoms with van der Waals surface area (Å²) in [5, 5.41) is 0. The second-order valence-corrected chi connectivity index (χ2v) is 3.05. The first-order chi connectivity index (χ1) is 7.52. The van der Waals surface area contributed by atoms with Crippen LogP contribution in [-0.4, -0.2) is 18.1 Å². The van der Waals surface area contributed by atoms with E-state index in [9.17, 15) is 18.0 Å². The number of methoxy groups -OCH3 is 1. The van der Waals surface area contributed by atoms with Crippen LogP contribution in [0.4, 0.5) is 13.2 Å². The molecule has 0 fully saturated rings. The Bertz CT molecular complexity index is 412. The summed E-state index contributed by atoms with van der Waals surface area (Å²) >= 11 is 5.33. The number of hydrogen-bond acceptors (Lipinski definition) is 3. The van der Waals surface area contributed by atoms with Crippen LogP contribution in [-0.2, 0) is 10.6 Å². The van der Waals surface area contributed by atoms with E-state index in [2.05, 4.69) is 9.72 Å². The Morgan fingerprint density at radius 1 is 1.62 bits per heavy atom. The first kappa shape index (κ1) is 12.8. The molecule has 0 aliphatic heterocycles. The molecule has 1 aromatic heterocycles. The predicted octanol–water partition coefficient (Wildman–Crippen LogP) is 2.68. The number of carbonyl (C=O) groups is 1. The van der Waals surface area contributed by atoms with Crippen LogP contribution in [0.3, 0.4) is 0 Å². The maximum absolute atomic E-state index is 13.5. The molecule has 0 amide bonds. The van der Waals surface area contributed by atoms with Gasteiger partial charge in [0.05, 0.1) is 18.6 Å². The third-order valence-corrected chi connectivity index (χ3v) is 2.15. The van der Waals surface area contributed by atoms with Crippen molar-refractivity contribution in [3.8, 4) is 0 Å². The Kier molecular flexibility index (Phi) is 4.12. The highest BCUT2D eigenvalue weighted by molar-refractivity contribution is 6.17. The molecule has 7 heteroatoms. The van der Waals surface area contributed by atoms with Gasteiger partial charge < -0.3 is 4.74 Å². The van der Waals surface area contributed by atoms with Gasteiger partial charge in [0.25, 0.3) is 6.43 Å². The number of pyridine rings is 1. The number of hydrogen-bond donors (Lipinski definition) is 0. The Labute approximate surface area is 94.2 Å². The van der Waals surface area contributed by atoms with E-state index in [1.807, 2.05) is 0 Å². The van der Waals surface area contributed by atoms with Gasteiger partial charge in [-0.25, -0.2) is 22.9 Å². The lowest BCUT2D eigenvalue weighted by Crippen LogP contribution is -2.12. The second kappa shape index (κ2) is 5.16. The van der Waals surface area contributed by atoms with E-state index in [1.165, 1.54) is 0 Å². The average molecular weight is 254 g/mol. The fourth-order valence-corrected chi connectivity index (χ4v) is 1.28. The van der Waals surface area contributed by atoms with Crippen LogP contribution in [0.5, 0.6) is 0 Å². The fraction of sp³-hybridized carbons (Fsp3) is 0.333. The first-order valence-corrected chi connectivity index (χ1v) is 4.66. The minimum absolute atomic E-state index is 0.190. The van der Waals surface area contributed by atoms with Crippen LogP contribution in [0, 0.1) is 5.82 Å². The third kappa shape index (κ3) is 2.27. The van der Waals surface area contributed by atoms with E-state index in [0.29, 0.717) is 0 Å². The molecule has 0 aliphatic carbocycles.